The normalized spacial score (nSPS) is 14.3. The Balaban J connectivity index is 1.61. The van der Waals surface area contributed by atoms with Crippen molar-refractivity contribution in [3.63, 3.8) is 0 Å². The highest BCUT2D eigenvalue weighted by Crippen LogP contribution is 2.35. The molecule has 3 aromatic rings. The van der Waals surface area contributed by atoms with Crippen LogP contribution in [0.15, 0.2) is 70.7 Å². The molecule has 31 heavy (non-hydrogen) atoms. The lowest BCUT2D eigenvalue weighted by atomic mass is 10.1. The number of ether oxygens (including phenoxy) is 3. The van der Waals surface area contributed by atoms with Gasteiger partial charge >= 0.3 is 5.97 Å². The van der Waals surface area contributed by atoms with E-state index in [2.05, 4.69) is 0 Å². The van der Waals surface area contributed by atoms with E-state index in [0.717, 1.165) is 5.56 Å². The van der Waals surface area contributed by atoms with Crippen molar-refractivity contribution in [1.82, 2.24) is 0 Å². The fourth-order valence-electron chi connectivity index (χ4n) is 3.11. The molecule has 0 saturated heterocycles. The maximum Gasteiger partial charge on any atom is 0.343 e. The number of esters is 1. The first-order chi connectivity index (χ1) is 15.0. The molecule has 0 atom stereocenters. The van der Waals surface area contributed by atoms with Crippen LogP contribution in [0.3, 0.4) is 0 Å². The number of rotatable bonds is 6. The number of cyclic esters (lactones) is 1. The SMILES string of the molecule is COc1ccc(C2=C/C(=C\c3ccc(-c4ccc([N+](=O)[O-])cc4OC)o3)C(=O)O2)cc1. The van der Waals surface area contributed by atoms with E-state index in [1.54, 1.807) is 61.7 Å². The molecule has 1 aromatic heterocycles. The van der Waals surface area contributed by atoms with Crippen molar-refractivity contribution in [3.8, 4) is 22.8 Å². The van der Waals surface area contributed by atoms with Gasteiger partial charge in [0.2, 0.25) is 0 Å². The first kappa shape index (κ1) is 20.0. The van der Waals surface area contributed by atoms with Crippen molar-refractivity contribution in [2.45, 2.75) is 0 Å². The Morgan fingerprint density at radius 1 is 1.00 bits per heavy atom. The lowest BCUT2D eigenvalue weighted by Crippen LogP contribution is -1.97. The van der Waals surface area contributed by atoms with Crippen molar-refractivity contribution >= 4 is 23.5 Å². The second-order valence-electron chi connectivity index (χ2n) is 6.57. The number of non-ortho nitro benzene ring substituents is 1. The predicted molar refractivity (Wildman–Crippen MR) is 112 cm³/mol. The van der Waals surface area contributed by atoms with Gasteiger partial charge in [0.15, 0.2) is 0 Å². The topological polar surface area (TPSA) is 101 Å². The van der Waals surface area contributed by atoms with Crippen LogP contribution in [0.25, 0.3) is 23.2 Å². The molecule has 2 heterocycles. The van der Waals surface area contributed by atoms with Gasteiger partial charge in [-0.2, -0.15) is 0 Å². The molecule has 1 aliphatic rings. The largest absolute Gasteiger partial charge is 0.497 e. The number of hydrogen-bond donors (Lipinski definition) is 0. The van der Waals surface area contributed by atoms with Gasteiger partial charge in [0.25, 0.3) is 5.69 Å². The number of carbonyl (C=O) groups excluding carboxylic acids is 1. The molecule has 0 saturated carbocycles. The molecule has 0 bridgehead atoms. The maximum atomic E-state index is 12.3. The molecule has 0 fully saturated rings. The number of carbonyl (C=O) groups is 1. The standard InChI is InChI=1S/C23H17NO7/c1-28-17-6-3-14(4-7-17)21-12-15(23(25)31-21)11-18-8-10-20(30-18)19-9-5-16(24(26)27)13-22(19)29-2/h3-13H,1-2H3/b15-11+. The number of nitro groups is 1. The minimum atomic E-state index is -0.497. The predicted octanol–water partition coefficient (Wildman–Crippen LogP) is 4.85. The van der Waals surface area contributed by atoms with E-state index in [9.17, 15) is 14.9 Å². The van der Waals surface area contributed by atoms with Crippen molar-refractivity contribution < 1.29 is 28.3 Å². The molecule has 0 amide bonds. The van der Waals surface area contributed by atoms with Crippen LogP contribution in [0.4, 0.5) is 5.69 Å². The van der Waals surface area contributed by atoms with E-state index in [1.165, 1.54) is 19.2 Å². The third-order valence-electron chi connectivity index (χ3n) is 4.69. The number of nitro benzene ring substituents is 1. The second-order valence-corrected chi connectivity index (χ2v) is 6.57. The third-order valence-corrected chi connectivity index (χ3v) is 4.69. The molecule has 1 aliphatic heterocycles. The van der Waals surface area contributed by atoms with Crippen LogP contribution in [0.1, 0.15) is 11.3 Å². The van der Waals surface area contributed by atoms with E-state index >= 15 is 0 Å². The Hall–Kier alpha value is -4.33. The van der Waals surface area contributed by atoms with Crippen LogP contribution in [0.2, 0.25) is 0 Å². The van der Waals surface area contributed by atoms with Gasteiger partial charge < -0.3 is 18.6 Å². The van der Waals surface area contributed by atoms with E-state index in [-0.39, 0.29) is 5.69 Å². The van der Waals surface area contributed by atoms with Gasteiger partial charge in [0.05, 0.1) is 36.3 Å². The van der Waals surface area contributed by atoms with E-state index in [4.69, 9.17) is 18.6 Å². The van der Waals surface area contributed by atoms with E-state index < -0.39 is 10.9 Å². The Kier molecular flexibility index (Phi) is 5.28. The number of methoxy groups -OCH3 is 2. The smallest absolute Gasteiger partial charge is 0.343 e. The zero-order valence-electron chi connectivity index (χ0n) is 16.7. The molecule has 0 spiro atoms. The average Bonchev–Trinajstić information content (AvgIpc) is 3.40. The Morgan fingerprint density at radius 3 is 2.45 bits per heavy atom. The van der Waals surface area contributed by atoms with Crippen molar-refractivity contribution in [3.05, 3.63) is 87.7 Å². The summed E-state index contributed by atoms with van der Waals surface area (Å²) in [6, 6.07) is 14.8. The van der Waals surface area contributed by atoms with Gasteiger partial charge in [-0.15, -0.1) is 0 Å². The first-order valence-corrected chi connectivity index (χ1v) is 9.21. The quantitative estimate of drug-likeness (QED) is 0.243. The van der Waals surface area contributed by atoms with Crippen LogP contribution in [0.5, 0.6) is 11.5 Å². The highest BCUT2D eigenvalue weighted by atomic mass is 16.6. The Labute approximate surface area is 177 Å². The van der Waals surface area contributed by atoms with Gasteiger partial charge in [0.1, 0.15) is 28.8 Å². The lowest BCUT2D eigenvalue weighted by molar-refractivity contribution is -0.384. The summed E-state index contributed by atoms with van der Waals surface area (Å²) in [4.78, 5) is 22.7. The van der Waals surface area contributed by atoms with Crippen LogP contribution in [-0.4, -0.2) is 25.1 Å². The van der Waals surface area contributed by atoms with Crippen LogP contribution < -0.4 is 9.47 Å². The molecule has 8 heteroatoms. The molecule has 2 aromatic carbocycles. The monoisotopic (exact) mass is 419 g/mol. The fourth-order valence-corrected chi connectivity index (χ4v) is 3.11. The number of nitrogens with zero attached hydrogens (tertiary/aromatic N) is 1. The van der Waals surface area contributed by atoms with Gasteiger partial charge in [-0.1, -0.05) is 0 Å². The summed E-state index contributed by atoms with van der Waals surface area (Å²) < 4.78 is 21.6. The van der Waals surface area contributed by atoms with Crippen molar-refractivity contribution in [2.24, 2.45) is 0 Å². The fraction of sp³-hybridized carbons (Fsp3) is 0.0870. The summed E-state index contributed by atoms with van der Waals surface area (Å²) in [5.74, 6) is 1.83. The van der Waals surface area contributed by atoms with Gasteiger partial charge in [0, 0.05) is 11.6 Å². The maximum absolute atomic E-state index is 12.3. The van der Waals surface area contributed by atoms with Crippen LogP contribution >= 0.6 is 0 Å². The summed E-state index contributed by atoms with van der Waals surface area (Å²) >= 11 is 0. The third kappa shape index (κ3) is 4.04. The molecule has 0 unspecified atom stereocenters. The molecular formula is C23H17NO7. The van der Waals surface area contributed by atoms with Crippen molar-refractivity contribution in [1.29, 1.82) is 0 Å². The lowest BCUT2D eigenvalue weighted by Gasteiger charge is -2.05. The summed E-state index contributed by atoms with van der Waals surface area (Å²) in [6.45, 7) is 0. The van der Waals surface area contributed by atoms with Crippen molar-refractivity contribution in [2.75, 3.05) is 14.2 Å². The summed E-state index contributed by atoms with van der Waals surface area (Å²) in [6.07, 6.45) is 3.21. The van der Waals surface area contributed by atoms with Crippen LogP contribution in [0, 0.1) is 10.1 Å². The average molecular weight is 419 g/mol. The van der Waals surface area contributed by atoms with Gasteiger partial charge in [-0.3, -0.25) is 10.1 Å². The Bertz CT molecular complexity index is 1220. The number of furan rings is 1. The summed E-state index contributed by atoms with van der Waals surface area (Å²) in [7, 11) is 3.00. The molecule has 0 aliphatic carbocycles. The van der Waals surface area contributed by atoms with Crippen LogP contribution in [-0.2, 0) is 9.53 Å². The molecule has 4 rings (SSSR count). The molecule has 8 nitrogen and oxygen atoms in total. The highest BCUT2D eigenvalue weighted by molar-refractivity contribution is 6.04. The molecular weight excluding hydrogens is 402 g/mol. The summed E-state index contributed by atoms with van der Waals surface area (Å²) in [5, 5.41) is 11.0. The molecule has 0 N–H and O–H groups in total. The minimum Gasteiger partial charge on any atom is -0.497 e. The highest BCUT2D eigenvalue weighted by Gasteiger charge is 2.23. The number of hydrogen-bond acceptors (Lipinski definition) is 7. The summed E-state index contributed by atoms with van der Waals surface area (Å²) in [5.41, 5.74) is 1.55. The zero-order valence-corrected chi connectivity index (χ0v) is 16.7. The first-order valence-electron chi connectivity index (χ1n) is 9.21. The van der Waals surface area contributed by atoms with E-state index in [0.29, 0.717) is 39.9 Å². The Morgan fingerprint density at radius 2 is 1.77 bits per heavy atom. The zero-order chi connectivity index (χ0) is 22.0. The second kappa shape index (κ2) is 8.19. The minimum absolute atomic E-state index is 0.0839. The van der Waals surface area contributed by atoms with E-state index in [1.807, 2.05) is 0 Å². The molecule has 156 valence electrons. The van der Waals surface area contributed by atoms with Gasteiger partial charge in [-0.25, -0.2) is 4.79 Å². The van der Waals surface area contributed by atoms with Gasteiger partial charge in [-0.05, 0) is 54.6 Å². The molecule has 0 radical (unpaired) electrons. The number of benzene rings is 2.